The van der Waals surface area contributed by atoms with E-state index in [4.69, 9.17) is 9.52 Å². The highest BCUT2D eigenvalue weighted by Gasteiger charge is 2.14. The fourth-order valence-electron chi connectivity index (χ4n) is 1.75. The predicted molar refractivity (Wildman–Crippen MR) is 64.8 cm³/mol. The van der Waals surface area contributed by atoms with Crippen LogP contribution in [0.25, 0.3) is 11.3 Å². The van der Waals surface area contributed by atoms with E-state index in [-0.39, 0.29) is 18.2 Å². The van der Waals surface area contributed by atoms with Crippen LogP contribution in [-0.2, 0) is 4.79 Å². The molecule has 0 spiro atoms. The van der Waals surface area contributed by atoms with Crippen molar-refractivity contribution in [1.82, 2.24) is 0 Å². The molecule has 0 fully saturated rings. The standard InChI is InChI=1S/C14H13FO3/c1-9(8-14(16)17)12-6-7-13(18-12)10-2-4-11(15)5-3-10/h2-7,9H,8H2,1H3,(H,16,17)/t9-/m1/s1. The van der Waals surface area contributed by atoms with Crippen molar-refractivity contribution in [2.45, 2.75) is 19.3 Å². The van der Waals surface area contributed by atoms with Crippen LogP contribution in [-0.4, -0.2) is 11.1 Å². The van der Waals surface area contributed by atoms with Crippen LogP contribution < -0.4 is 0 Å². The summed E-state index contributed by atoms with van der Waals surface area (Å²) in [4.78, 5) is 10.6. The molecule has 3 nitrogen and oxygen atoms in total. The Morgan fingerprint density at radius 3 is 2.56 bits per heavy atom. The molecule has 18 heavy (non-hydrogen) atoms. The van der Waals surface area contributed by atoms with Crippen LogP contribution in [0.15, 0.2) is 40.8 Å². The van der Waals surface area contributed by atoms with Crippen molar-refractivity contribution in [3.05, 3.63) is 48.0 Å². The second kappa shape index (κ2) is 5.04. The molecule has 2 aromatic rings. The van der Waals surface area contributed by atoms with E-state index in [9.17, 15) is 9.18 Å². The maximum absolute atomic E-state index is 12.8. The quantitative estimate of drug-likeness (QED) is 0.898. The number of carbonyl (C=O) groups is 1. The van der Waals surface area contributed by atoms with Crippen LogP contribution in [0.3, 0.4) is 0 Å². The fourth-order valence-corrected chi connectivity index (χ4v) is 1.75. The van der Waals surface area contributed by atoms with E-state index in [0.29, 0.717) is 11.5 Å². The summed E-state index contributed by atoms with van der Waals surface area (Å²) in [5, 5.41) is 8.72. The van der Waals surface area contributed by atoms with E-state index in [1.54, 1.807) is 31.2 Å². The minimum absolute atomic E-state index is 0.0242. The largest absolute Gasteiger partial charge is 0.481 e. The smallest absolute Gasteiger partial charge is 0.304 e. The monoisotopic (exact) mass is 248 g/mol. The summed E-state index contributed by atoms with van der Waals surface area (Å²) in [5.41, 5.74) is 0.769. The van der Waals surface area contributed by atoms with Crippen molar-refractivity contribution in [3.63, 3.8) is 0 Å². The molecule has 1 aromatic carbocycles. The van der Waals surface area contributed by atoms with Gasteiger partial charge >= 0.3 is 5.97 Å². The van der Waals surface area contributed by atoms with Crippen LogP contribution in [0.5, 0.6) is 0 Å². The summed E-state index contributed by atoms with van der Waals surface area (Å²) in [5.74, 6) is -0.109. The van der Waals surface area contributed by atoms with Crippen molar-refractivity contribution in [2.75, 3.05) is 0 Å². The van der Waals surface area contributed by atoms with Gasteiger partial charge in [-0.1, -0.05) is 6.92 Å². The molecule has 0 aliphatic heterocycles. The molecule has 1 heterocycles. The van der Waals surface area contributed by atoms with Crippen molar-refractivity contribution in [3.8, 4) is 11.3 Å². The summed E-state index contributed by atoms with van der Waals surface area (Å²) in [7, 11) is 0. The minimum atomic E-state index is -0.859. The average molecular weight is 248 g/mol. The topological polar surface area (TPSA) is 50.4 Å². The Morgan fingerprint density at radius 1 is 1.28 bits per heavy atom. The molecule has 4 heteroatoms. The molecule has 94 valence electrons. The van der Waals surface area contributed by atoms with Gasteiger partial charge in [-0.2, -0.15) is 0 Å². The Bertz CT molecular complexity index is 542. The second-order valence-corrected chi connectivity index (χ2v) is 4.21. The lowest BCUT2D eigenvalue weighted by Gasteiger charge is -2.04. The van der Waals surface area contributed by atoms with Gasteiger partial charge in [-0.05, 0) is 36.4 Å². The van der Waals surface area contributed by atoms with Gasteiger partial charge in [0.15, 0.2) is 0 Å². The SMILES string of the molecule is C[C@H](CC(=O)O)c1ccc(-c2ccc(F)cc2)o1. The zero-order chi connectivity index (χ0) is 13.1. The lowest BCUT2D eigenvalue weighted by atomic mass is 10.1. The molecule has 1 aromatic heterocycles. The Labute approximate surface area is 104 Å². The molecule has 0 aliphatic rings. The number of furan rings is 1. The van der Waals surface area contributed by atoms with Gasteiger partial charge < -0.3 is 9.52 Å². The minimum Gasteiger partial charge on any atom is -0.481 e. The maximum atomic E-state index is 12.8. The molecule has 2 rings (SSSR count). The lowest BCUT2D eigenvalue weighted by Crippen LogP contribution is -2.01. The number of carboxylic acid groups (broad SMARTS) is 1. The van der Waals surface area contributed by atoms with Gasteiger partial charge in [0, 0.05) is 11.5 Å². The van der Waals surface area contributed by atoms with E-state index in [2.05, 4.69) is 0 Å². The van der Waals surface area contributed by atoms with Crippen molar-refractivity contribution >= 4 is 5.97 Å². The Morgan fingerprint density at radius 2 is 1.94 bits per heavy atom. The molecule has 0 unspecified atom stereocenters. The zero-order valence-electron chi connectivity index (χ0n) is 9.89. The van der Waals surface area contributed by atoms with Gasteiger partial charge in [-0.15, -0.1) is 0 Å². The lowest BCUT2D eigenvalue weighted by molar-refractivity contribution is -0.137. The first-order valence-electron chi connectivity index (χ1n) is 5.63. The first kappa shape index (κ1) is 12.4. The second-order valence-electron chi connectivity index (χ2n) is 4.21. The maximum Gasteiger partial charge on any atom is 0.304 e. The highest BCUT2D eigenvalue weighted by molar-refractivity contribution is 5.68. The number of carboxylic acids is 1. The Hall–Kier alpha value is -2.10. The number of aliphatic carboxylic acids is 1. The molecular formula is C14H13FO3. The predicted octanol–water partition coefficient (Wildman–Crippen LogP) is 3.66. The molecule has 0 radical (unpaired) electrons. The molecule has 0 bridgehead atoms. The molecule has 1 N–H and O–H groups in total. The van der Waals surface area contributed by atoms with E-state index < -0.39 is 5.97 Å². The van der Waals surface area contributed by atoms with E-state index in [1.807, 2.05) is 0 Å². The van der Waals surface area contributed by atoms with Gasteiger partial charge in [0.25, 0.3) is 0 Å². The molecule has 1 atom stereocenters. The first-order valence-corrected chi connectivity index (χ1v) is 5.63. The van der Waals surface area contributed by atoms with Crippen molar-refractivity contribution in [1.29, 1.82) is 0 Å². The normalized spacial score (nSPS) is 12.3. The number of hydrogen-bond acceptors (Lipinski definition) is 2. The van der Waals surface area contributed by atoms with Crippen LogP contribution in [0.1, 0.15) is 25.0 Å². The third-order valence-corrected chi connectivity index (χ3v) is 2.72. The summed E-state index contributed by atoms with van der Waals surface area (Å²) in [6, 6.07) is 9.49. The number of hydrogen-bond donors (Lipinski definition) is 1. The third kappa shape index (κ3) is 2.77. The van der Waals surface area contributed by atoms with Gasteiger partial charge in [0.2, 0.25) is 0 Å². The molecule has 0 saturated heterocycles. The van der Waals surface area contributed by atoms with E-state index in [0.717, 1.165) is 5.56 Å². The van der Waals surface area contributed by atoms with Gasteiger partial charge in [-0.25, -0.2) is 4.39 Å². The molecule has 0 saturated carbocycles. The molecule has 0 aliphatic carbocycles. The van der Waals surface area contributed by atoms with Gasteiger partial charge in [0.05, 0.1) is 6.42 Å². The average Bonchev–Trinajstić information content (AvgIpc) is 2.78. The Balaban J connectivity index is 2.19. The van der Waals surface area contributed by atoms with Crippen LogP contribution in [0.4, 0.5) is 4.39 Å². The third-order valence-electron chi connectivity index (χ3n) is 2.72. The summed E-state index contributed by atoms with van der Waals surface area (Å²) in [6.45, 7) is 1.79. The van der Waals surface area contributed by atoms with Gasteiger partial charge in [-0.3, -0.25) is 4.79 Å². The summed E-state index contributed by atoms with van der Waals surface area (Å²) in [6.07, 6.45) is 0.0242. The summed E-state index contributed by atoms with van der Waals surface area (Å²) < 4.78 is 18.4. The number of benzene rings is 1. The molecule has 0 amide bonds. The summed E-state index contributed by atoms with van der Waals surface area (Å²) >= 11 is 0. The molecular weight excluding hydrogens is 235 g/mol. The van der Waals surface area contributed by atoms with Crippen LogP contribution in [0, 0.1) is 5.82 Å². The van der Waals surface area contributed by atoms with Crippen molar-refractivity contribution in [2.24, 2.45) is 0 Å². The van der Waals surface area contributed by atoms with Gasteiger partial charge in [0.1, 0.15) is 17.3 Å². The highest BCUT2D eigenvalue weighted by atomic mass is 19.1. The van der Waals surface area contributed by atoms with Crippen LogP contribution >= 0.6 is 0 Å². The first-order chi connectivity index (χ1) is 8.56. The van der Waals surface area contributed by atoms with E-state index in [1.165, 1.54) is 12.1 Å². The highest BCUT2D eigenvalue weighted by Crippen LogP contribution is 2.27. The number of halogens is 1. The number of rotatable bonds is 4. The zero-order valence-corrected chi connectivity index (χ0v) is 9.89. The van der Waals surface area contributed by atoms with Crippen LogP contribution in [0.2, 0.25) is 0 Å². The van der Waals surface area contributed by atoms with Crippen molar-refractivity contribution < 1.29 is 18.7 Å². The van der Waals surface area contributed by atoms with E-state index >= 15 is 0 Å². The Kier molecular flexibility index (Phi) is 3.46. The fraction of sp³-hybridized carbons (Fsp3) is 0.214.